The van der Waals surface area contributed by atoms with Crippen LogP contribution in [-0.2, 0) is 6.54 Å². The molecule has 1 heterocycles. The van der Waals surface area contributed by atoms with E-state index >= 15 is 0 Å². The second-order valence-electron chi connectivity index (χ2n) is 4.20. The van der Waals surface area contributed by atoms with E-state index in [4.69, 9.17) is 17.3 Å². The standard InChI is InChI=1S/C14H14ClN3O/c1-9-5-6-10(7-17-9)8-18-14(19)11-3-2-4-12(16)13(11)15/h2-7H,8,16H2,1H3,(H,18,19). The first-order valence-electron chi connectivity index (χ1n) is 5.81. The Morgan fingerprint density at radius 3 is 2.84 bits per heavy atom. The van der Waals surface area contributed by atoms with E-state index in [0.29, 0.717) is 17.8 Å². The minimum Gasteiger partial charge on any atom is -0.398 e. The average Bonchev–Trinajstić information content (AvgIpc) is 2.41. The third-order valence-electron chi connectivity index (χ3n) is 2.70. The lowest BCUT2D eigenvalue weighted by Crippen LogP contribution is -2.23. The fourth-order valence-electron chi connectivity index (χ4n) is 1.61. The van der Waals surface area contributed by atoms with Crippen molar-refractivity contribution >= 4 is 23.2 Å². The molecule has 0 atom stereocenters. The normalized spacial score (nSPS) is 10.2. The number of anilines is 1. The number of pyridine rings is 1. The van der Waals surface area contributed by atoms with Crippen molar-refractivity contribution in [1.29, 1.82) is 0 Å². The van der Waals surface area contributed by atoms with Crippen molar-refractivity contribution in [2.45, 2.75) is 13.5 Å². The van der Waals surface area contributed by atoms with Gasteiger partial charge in [0.25, 0.3) is 5.91 Å². The summed E-state index contributed by atoms with van der Waals surface area (Å²) in [5.74, 6) is -0.252. The Balaban J connectivity index is 2.05. The van der Waals surface area contributed by atoms with Crippen LogP contribution in [0.2, 0.25) is 5.02 Å². The summed E-state index contributed by atoms with van der Waals surface area (Å²) in [4.78, 5) is 16.2. The molecule has 1 aromatic heterocycles. The lowest BCUT2D eigenvalue weighted by molar-refractivity contribution is 0.0951. The predicted octanol–water partition coefficient (Wildman–Crippen LogP) is 2.56. The number of aryl methyl sites for hydroxylation is 1. The number of nitrogens with one attached hydrogen (secondary N) is 1. The molecule has 0 radical (unpaired) electrons. The summed E-state index contributed by atoms with van der Waals surface area (Å²) < 4.78 is 0. The number of carbonyl (C=O) groups excluding carboxylic acids is 1. The van der Waals surface area contributed by atoms with Gasteiger partial charge in [-0.05, 0) is 30.7 Å². The van der Waals surface area contributed by atoms with Crippen LogP contribution in [0.4, 0.5) is 5.69 Å². The quantitative estimate of drug-likeness (QED) is 0.846. The minimum absolute atomic E-state index is 0.252. The molecule has 3 N–H and O–H groups in total. The second-order valence-corrected chi connectivity index (χ2v) is 4.58. The molecule has 0 saturated heterocycles. The zero-order valence-electron chi connectivity index (χ0n) is 10.5. The molecule has 0 saturated carbocycles. The Hall–Kier alpha value is -2.07. The molecule has 0 fully saturated rings. The number of hydrogen-bond donors (Lipinski definition) is 2. The van der Waals surface area contributed by atoms with Gasteiger partial charge in [-0.25, -0.2) is 0 Å². The summed E-state index contributed by atoms with van der Waals surface area (Å²) in [7, 11) is 0. The van der Waals surface area contributed by atoms with Crippen molar-refractivity contribution in [3.05, 3.63) is 58.4 Å². The van der Waals surface area contributed by atoms with Gasteiger partial charge >= 0.3 is 0 Å². The predicted molar refractivity (Wildman–Crippen MR) is 76.0 cm³/mol. The van der Waals surface area contributed by atoms with E-state index in [0.717, 1.165) is 11.3 Å². The van der Waals surface area contributed by atoms with Gasteiger partial charge in [-0.2, -0.15) is 0 Å². The summed E-state index contributed by atoms with van der Waals surface area (Å²) in [5.41, 5.74) is 8.30. The Bertz CT molecular complexity index is 596. The van der Waals surface area contributed by atoms with Crippen LogP contribution in [-0.4, -0.2) is 10.9 Å². The monoisotopic (exact) mass is 275 g/mol. The van der Waals surface area contributed by atoms with E-state index < -0.39 is 0 Å². The number of rotatable bonds is 3. The molecule has 1 aromatic carbocycles. The zero-order chi connectivity index (χ0) is 13.8. The Morgan fingerprint density at radius 2 is 2.16 bits per heavy atom. The summed E-state index contributed by atoms with van der Waals surface area (Å²) in [6.45, 7) is 2.31. The van der Waals surface area contributed by atoms with E-state index in [-0.39, 0.29) is 10.9 Å². The zero-order valence-corrected chi connectivity index (χ0v) is 11.2. The van der Waals surface area contributed by atoms with E-state index in [1.54, 1.807) is 24.4 Å². The van der Waals surface area contributed by atoms with Crippen molar-refractivity contribution in [3.63, 3.8) is 0 Å². The van der Waals surface area contributed by atoms with Crippen molar-refractivity contribution in [2.24, 2.45) is 0 Å². The van der Waals surface area contributed by atoms with Crippen molar-refractivity contribution in [1.82, 2.24) is 10.3 Å². The van der Waals surface area contributed by atoms with Crippen LogP contribution in [0.3, 0.4) is 0 Å². The molecule has 0 aliphatic carbocycles. The van der Waals surface area contributed by atoms with Crippen LogP contribution in [0, 0.1) is 6.92 Å². The van der Waals surface area contributed by atoms with E-state index in [1.165, 1.54) is 0 Å². The Kier molecular flexibility index (Phi) is 4.02. The van der Waals surface area contributed by atoms with Gasteiger partial charge < -0.3 is 11.1 Å². The maximum Gasteiger partial charge on any atom is 0.253 e. The number of aromatic nitrogens is 1. The smallest absolute Gasteiger partial charge is 0.253 e. The fourth-order valence-corrected chi connectivity index (χ4v) is 1.82. The molecule has 1 amide bonds. The van der Waals surface area contributed by atoms with Gasteiger partial charge in [-0.1, -0.05) is 23.7 Å². The molecule has 0 spiro atoms. The van der Waals surface area contributed by atoms with E-state index in [9.17, 15) is 4.79 Å². The van der Waals surface area contributed by atoms with Gasteiger partial charge in [0, 0.05) is 18.4 Å². The average molecular weight is 276 g/mol. The maximum atomic E-state index is 12.0. The Labute approximate surface area is 116 Å². The highest BCUT2D eigenvalue weighted by Crippen LogP contribution is 2.22. The van der Waals surface area contributed by atoms with Gasteiger partial charge in [0.05, 0.1) is 16.3 Å². The van der Waals surface area contributed by atoms with Gasteiger partial charge in [0.1, 0.15) is 0 Å². The molecule has 2 rings (SSSR count). The van der Waals surface area contributed by atoms with Crippen LogP contribution in [0.5, 0.6) is 0 Å². The number of amides is 1. The van der Waals surface area contributed by atoms with Crippen molar-refractivity contribution in [2.75, 3.05) is 5.73 Å². The third kappa shape index (κ3) is 3.23. The number of nitrogens with zero attached hydrogens (tertiary/aromatic N) is 1. The number of benzene rings is 1. The van der Waals surface area contributed by atoms with Gasteiger partial charge in [0.15, 0.2) is 0 Å². The highest BCUT2D eigenvalue weighted by Gasteiger charge is 2.11. The van der Waals surface area contributed by atoms with E-state index in [1.807, 2.05) is 19.1 Å². The summed E-state index contributed by atoms with van der Waals surface area (Å²) in [5, 5.41) is 3.06. The number of carbonyl (C=O) groups is 1. The number of nitrogens with two attached hydrogens (primary N) is 1. The largest absolute Gasteiger partial charge is 0.398 e. The minimum atomic E-state index is -0.252. The van der Waals surface area contributed by atoms with Crippen LogP contribution in [0.25, 0.3) is 0 Å². The first kappa shape index (κ1) is 13.4. The van der Waals surface area contributed by atoms with Crippen LogP contribution in [0.1, 0.15) is 21.6 Å². The molecule has 5 heteroatoms. The topological polar surface area (TPSA) is 68.0 Å². The lowest BCUT2D eigenvalue weighted by atomic mass is 10.2. The second kappa shape index (κ2) is 5.71. The molecule has 2 aromatic rings. The molecule has 0 unspecified atom stereocenters. The highest BCUT2D eigenvalue weighted by atomic mass is 35.5. The SMILES string of the molecule is Cc1ccc(CNC(=O)c2cccc(N)c2Cl)cn1. The summed E-state index contributed by atoms with van der Waals surface area (Å²) in [6, 6.07) is 8.81. The number of nitrogen functional groups attached to an aromatic ring is 1. The fraction of sp³-hybridized carbons (Fsp3) is 0.143. The molecule has 19 heavy (non-hydrogen) atoms. The third-order valence-corrected chi connectivity index (χ3v) is 3.12. The molecule has 0 aliphatic heterocycles. The van der Waals surface area contributed by atoms with E-state index in [2.05, 4.69) is 10.3 Å². The van der Waals surface area contributed by atoms with Gasteiger partial charge in [-0.15, -0.1) is 0 Å². The van der Waals surface area contributed by atoms with Crippen LogP contribution < -0.4 is 11.1 Å². The molecular weight excluding hydrogens is 262 g/mol. The number of hydrogen-bond acceptors (Lipinski definition) is 3. The molecule has 0 aliphatic rings. The molecule has 98 valence electrons. The maximum absolute atomic E-state index is 12.0. The highest BCUT2D eigenvalue weighted by molar-refractivity contribution is 6.36. The molecule has 4 nitrogen and oxygen atoms in total. The van der Waals surface area contributed by atoms with Crippen molar-refractivity contribution < 1.29 is 4.79 Å². The van der Waals surface area contributed by atoms with Crippen molar-refractivity contribution in [3.8, 4) is 0 Å². The first-order valence-corrected chi connectivity index (χ1v) is 6.19. The van der Waals surface area contributed by atoms with Crippen LogP contribution >= 0.6 is 11.6 Å². The summed E-state index contributed by atoms with van der Waals surface area (Å²) >= 11 is 5.99. The van der Waals surface area contributed by atoms with Gasteiger partial charge in [0.2, 0.25) is 0 Å². The van der Waals surface area contributed by atoms with Gasteiger partial charge in [-0.3, -0.25) is 9.78 Å². The first-order chi connectivity index (χ1) is 9.08. The number of halogens is 1. The lowest BCUT2D eigenvalue weighted by Gasteiger charge is -2.08. The Morgan fingerprint density at radius 1 is 1.37 bits per heavy atom. The summed E-state index contributed by atoms with van der Waals surface area (Å²) in [6.07, 6.45) is 1.73. The van der Waals surface area contributed by atoms with Crippen LogP contribution in [0.15, 0.2) is 36.5 Å². The molecule has 0 bridgehead atoms. The molecular formula is C14H14ClN3O.